The summed E-state index contributed by atoms with van der Waals surface area (Å²) in [6.07, 6.45) is -7.18. The quantitative estimate of drug-likeness (QED) is 0.763. The van der Waals surface area contributed by atoms with Gasteiger partial charge in [-0.05, 0) is 24.3 Å². The lowest BCUT2D eigenvalue weighted by Gasteiger charge is -2.30. The second-order valence-electron chi connectivity index (χ2n) is 5.10. The predicted octanol–water partition coefficient (Wildman–Crippen LogP) is 4.61. The molecule has 2 N–H and O–H groups in total. The Morgan fingerprint density at radius 1 is 0.885 bits per heavy atom. The number of nitrogens with one attached hydrogen (secondary N) is 1. The lowest BCUT2D eigenvalue weighted by atomic mass is 10.0. The number of ether oxygens (including phenoxy) is 1. The molecule has 0 saturated heterocycles. The van der Waals surface area contributed by atoms with Crippen molar-refractivity contribution in [3.8, 4) is 5.75 Å². The first-order valence-corrected chi connectivity index (χ1v) is 6.95. The van der Waals surface area contributed by atoms with Crippen LogP contribution in [0, 0.1) is 0 Å². The van der Waals surface area contributed by atoms with Gasteiger partial charge in [0.05, 0.1) is 0 Å². The van der Waals surface area contributed by atoms with Crippen molar-refractivity contribution in [1.82, 2.24) is 0 Å². The van der Waals surface area contributed by atoms with Crippen LogP contribution in [0.15, 0.2) is 54.6 Å². The summed E-state index contributed by atoms with van der Waals surface area (Å²) in [5.74, 6) is -10.8. The van der Waals surface area contributed by atoms with Crippen molar-refractivity contribution in [3.63, 3.8) is 0 Å². The molecule has 0 aliphatic rings. The van der Waals surface area contributed by atoms with Crippen LogP contribution < -0.4 is 10.1 Å². The van der Waals surface area contributed by atoms with Crippen LogP contribution in [-0.4, -0.2) is 23.2 Å². The number of hydrogen-bond donors (Lipinski definition) is 2. The topological polar surface area (TPSA) is 58.6 Å². The SMILES string of the molecule is O=C(Nc1ccc(C(F)(F)C(O)(F)C(F)(F)F)cc1)Oc1ccccc1. The van der Waals surface area contributed by atoms with E-state index in [0.717, 1.165) is 12.1 Å². The highest BCUT2D eigenvalue weighted by molar-refractivity contribution is 5.86. The number of anilines is 1. The standard InChI is InChI=1S/C16H11F6NO3/c17-14(18,15(19,25)16(20,21)22)10-6-8-11(9-7-10)23-13(24)26-12-4-2-1-3-5-12/h1-9,25H,(H,23,24). The number of carbonyl (C=O) groups is 1. The zero-order valence-corrected chi connectivity index (χ0v) is 12.7. The van der Waals surface area contributed by atoms with Gasteiger partial charge in [0, 0.05) is 11.3 Å². The largest absolute Gasteiger partial charge is 0.455 e. The Kier molecular flexibility index (Phi) is 5.17. The summed E-state index contributed by atoms with van der Waals surface area (Å²) in [7, 11) is 0. The van der Waals surface area contributed by atoms with Gasteiger partial charge in [-0.2, -0.15) is 26.3 Å². The third-order valence-electron chi connectivity index (χ3n) is 3.24. The van der Waals surface area contributed by atoms with Crippen LogP contribution in [0.3, 0.4) is 0 Å². The summed E-state index contributed by atoms with van der Waals surface area (Å²) in [6, 6.07) is 10.3. The molecule has 0 bridgehead atoms. The van der Waals surface area contributed by atoms with Gasteiger partial charge in [-0.25, -0.2) is 4.79 Å². The molecule has 0 spiro atoms. The highest BCUT2D eigenvalue weighted by atomic mass is 19.4. The van der Waals surface area contributed by atoms with E-state index in [1.807, 2.05) is 0 Å². The van der Waals surface area contributed by atoms with E-state index in [9.17, 15) is 31.1 Å². The van der Waals surface area contributed by atoms with Gasteiger partial charge in [0.1, 0.15) is 5.75 Å². The molecule has 0 aliphatic heterocycles. The Hall–Kier alpha value is -2.75. The van der Waals surface area contributed by atoms with Crippen LogP contribution >= 0.6 is 0 Å². The van der Waals surface area contributed by atoms with E-state index in [2.05, 4.69) is 5.32 Å². The first kappa shape index (κ1) is 19.6. The van der Waals surface area contributed by atoms with Crippen molar-refractivity contribution in [1.29, 1.82) is 0 Å². The van der Waals surface area contributed by atoms with Gasteiger partial charge < -0.3 is 9.84 Å². The number of para-hydroxylation sites is 1. The van der Waals surface area contributed by atoms with Gasteiger partial charge in [-0.15, -0.1) is 0 Å². The van der Waals surface area contributed by atoms with E-state index in [1.165, 1.54) is 12.1 Å². The van der Waals surface area contributed by atoms with Gasteiger partial charge in [-0.3, -0.25) is 5.32 Å². The minimum atomic E-state index is -6.20. The van der Waals surface area contributed by atoms with Crippen LogP contribution in [0.4, 0.5) is 36.8 Å². The maximum absolute atomic E-state index is 13.7. The molecule has 4 nitrogen and oxygen atoms in total. The molecule has 1 amide bonds. The molecule has 26 heavy (non-hydrogen) atoms. The van der Waals surface area contributed by atoms with Gasteiger partial charge in [0.15, 0.2) is 0 Å². The fraction of sp³-hybridized carbons (Fsp3) is 0.188. The maximum Gasteiger partial charge on any atom is 0.455 e. The monoisotopic (exact) mass is 379 g/mol. The van der Waals surface area contributed by atoms with Crippen molar-refractivity contribution in [3.05, 3.63) is 60.2 Å². The molecule has 0 aliphatic carbocycles. The van der Waals surface area contributed by atoms with Crippen molar-refractivity contribution < 1.29 is 41.0 Å². The number of amides is 1. The van der Waals surface area contributed by atoms with Crippen LogP contribution in [0.25, 0.3) is 0 Å². The summed E-state index contributed by atoms with van der Waals surface area (Å²) in [5, 5.41) is 10.7. The summed E-state index contributed by atoms with van der Waals surface area (Å²) in [5.41, 5.74) is -1.53. The average Bonchev–Trinajstić information content (AvgIpc) is 2.55. The van der Waals surface area contributed by atoms with Gasteiger partial charge >= 0.3 is 24.0 Å². The first-order valence-electron chi connectivity index (χ1n) is 6.95. The number of carbonyl (C=O) groups excluding carboxylic acids is 1. The van der Waals surface area contributed by atoms with E-state index in [1.54, 1.807) is 18.2 Å². The van der Waals surface area contributed by atoms with E-state index < -0.39 is 29.6 Å². The molecule has 0 aromatic heterocycles. The Morgan fingerprint density at radius 3 is 1.92 bits per heavy atom. The number of aliphatic hydroxyl groups is 1. The normalized spacial score (nSPS) is 14.4. The third kappa shape index (κ3) is 3.90. The van der Waals surface area contributed by atoms with Crippen molar-refractivity contribution in [2.75, 3.05) is 5.32 Å². The Bertz CT molecular complexity index is 760. The lowest BCUT2D eigenvalue weighted by molar-refractivity contribution is -0.390. The van der Waals surface area contributed by atoms with Crippen LogP contribution in [-0.2, 0) is 5.92 Å². The molecule has 0 fully saturated rings. The fourth-order valence-corrected chi connectivity index (χ4v) is 1.87. The smallest absolute Gasteiger partial charge is 0.410 e. The zero-order chi connectivity index (χ0) is 19.6. The van der Waals surface area contributed by atoms with Gasteiger partial charge in [-0.1, -0.05) is 30.3 Å². The molecular weight excluding hydrogens is 368 g/mol. The first-order chi connectivity index (χ1) is 11.9. The Balaban J connectivity index is 2.11. The number of alkyl halides is 6. The number of benzene rings is 2. The highest BCUT2D eigenvalue weighted by Crippen LogP contribution is 2.49. The van der Waals surface area contributed by atoms with Crippen molar-refractivity contribution >= 4 is 11.8 Å². The molecule has 10 heteroatoms. The van der Waals surface area contributed by atoms with E-state index in [0.29, 0.717) is 12.1 Å². The molecule has 1 unspecified atom stereocenters. The number of hydrogen-bond acceptors (Lipinski definition) is 3. The molecular formula is C16H11F6NO3. The van der Waals surface area contributed by atoms with Crippen molar-refractivity contribution in [2.24, 2.45) is 0 Å². The molecule has 1 atom stereocenters. The van der Waals surface area contributed by atoms with E-state index >= 15 is 0 Å². The van der Waals surface area contributed by atoms with Crippen molar-refractivity contribution in [2.45, 2.75) is 18.0 Å². The molecule has 0 heterocycles. The molecule has 2 aromatic carbocycles. The van der Waals surface area contributed by atoms with Crippen LogP contribution in [0.2, 0.25) is 0 Å². The summed E-state index contributed by atoms with van der Waals surface area (Å²) in [4.78, 5) is 11.6. The molecule has 2 aromatic rings. The van der Waals surface area contributed by atoms with Crippen LogP contribution in [0.1, 0.15) is 5.56 Å². The second-order valence-corrected chi connectivity index (χ2v) is 5.10. The Labute approximate surface area is 143 Å². The van der Waals surface area contributed by atoms with E-state index in [-0.39, 0.29) is 11.4 Å². The van der Waals surface area contributed by atoms with Gasteiger partial charge in [0.2, 0.25) is 0 Å². The third-order valence-corrected chi connectivity index (χ3v) is 3.24. The molecule has 0 saturated carbocycles. The zero-order valence-electron chi connectivity index (χ0n) is 12.7. The minimum Gasteiger partial charge on any atom is -0.410 e. The molecule has 2 rings (SSSR count). The molecule has 140 valence electrons. The van der Waals surface area contributed by atoms with Gasteiger partial charge in [0.25, 0.3) is 0 Å². The number of halogens is 6. The minimum absolute atomic E-state index is 0.0973. The highest BCUT2D eigenvalue weighted by Gasteiger charge is 2.71. The summed E-state index contributed by atoms with van der Waals surface area (Å²) < 4.78 is 82.3. The number of rotatable bonds is 4. The summed E-state index contributed by atoms with van der Waals surface area (Å²) in [6.45, 7) is 0. The van der Waals surface area contributed by atoms with Crippen LogP contribution in [0.5, 0.6) is 5.75 Å². The predicted molar refractivity (Wildman–Crippen MR) is 78.5 cm³/mol. The lowest BCUT2D eigenvalue weighted by Crippen LogP contribution is -2.53. The second kappa shape index (κ2) is 6.87. The maximum atomic E-state index is 13.7. The Morgan fingerprint density at radius 2 is 1.42 bits per heavy atom. The molecule has 0 radical (unpaired) electrons. The summed E-state index contributed by atoms with van der Waals surface area (Å²) >= 11 is 0. The van der Waals surface area contributed by atoms with E-state index in [4.69, 9.17) is 9.84 Å². The average molecular weight is 379 g/mol. The fourth-order valence-electron chi connectivity index (χ4n) is 1.87.